The standard InChI is InChI=1S/2C24H26BrNO6/c2*1-5-6-17-21(14-7-9-16(25)10-8-14)18(13-27)22(23(17)26(28)29)15-11-19(30-2)24(32-4)20(12-15)31-3/h2*7-13,17,22-23H,5-6H2,1-4H3/t2*17-,22+,23+/m00/s1. The highest BCUT2D eigenvalue weighted by Crippen LogP contribution is 2.54. The molecule has 0 fully saturated rings. The molecular weight excluding hydrogens is 956 g/mol. The summed E-state index contributed by atoms with van der Waals surface area (Å²) in [5.74, 6) is 0.0422. The molecule has 64 heavy (non-hydrogen) atoms. The second kappa shape index (κ2) is 22.2. The van der Waals surface area contributed by atoms with Crippen molar-refractivity contribution in [1.29, 1.82) is 0 Å². The number of rotatable bonds is 18. The van der Waals surface area contributed by atoms with E-state index in [-0.39, 0.29) is 9.85 Å². The maximum Gasteiger partial charge on any atom is 0.230 e. The van der Waals surface area contributed by atoms with Crippen molar-refractivity contribution >= 4 is 55.6 Å². The minimum Gasteiger partial charge on any atom is -0.493 e. The van der Waals surface area contributed by atoms with Crippen molar-refractivity contribution in [1.82, 2.24) is 0 Å². The number of halogens is 2. The minimum atomic E-state index is -0.989. The summed E-state index contributed by atoms with van der Waals surface area (Å²) in [6.07, 6.45) is 4.21. The second-order valence-corrected chi connectivity index (χ2v) is 17.0. The van der Waals surface area contributed by atoms with Crippen LogP contribution in [0.3, 0.4) is 0 Å². The molecule has 0 radical (unpaired) electrons. The van der Waals surface area contributed by atoms with Crippen LogP contribution in [0.25, 0.3) is 11.1 Å². The molecule has 0 saturated heterocycles. The summed E-state index contributed by atoms with van der Waals surface area (Å²) >= 11 is 6.86. The number of methoxy groups -OCH3 is 6. The van der Waals surface area contributed by atoms with Crippen LogP contribution in [0.1, 0.15) is 73.6 Å². The van der Waals surface area contributed by atoms with Gasteiger partial charge in [0.15, 0.2) is 23.0 Å². The fourth-order valence-corrected chi connectivity index (χ4v) is 9.86. The monoisotopic (exact) mass is 1010 g/mol. The maximum atomic E-state index is 12.4. The van der Waals surface area contributed by atoms with E-state index < -0.39 is 35.8 Å². The van der Waals surface area contributed by atoms with Crippen LogP contribution in [0, 0.1) is 32.1 Å². The van der Waals surface area contributed by atoms with Gasteiger partial charge < -0.3 is 28.4 Å². The molecule has 340 valence electrons. The van der Waals surface area contributed by atoms with E-state index in [0.29, 0.717) is 69.6 Å². The first-order valence-electron chi connectivity index (χ1n) is 20.6. The molecule has 0 unspecified atom stereocenters. The van der Waals surface area contributed by atoms with Crippen LogP contribution in [0.5, 0.6) is 34.5 Å². The Kier molecular flexibility index (Phi) is 17.1. The molecular formula is C48H52Br2N2O12. The average molecular weight is 1010 g/mol. The fraction of sp³-hybridized carbons (Fsp3) is 0.375. The van der Waals surface area contributed by atoms with Crippen molar-refractivity contribution in [3.05, 3.63) is 135 Å². The van der Waals surface area contributed by atoms with Gasteiger partial charge in [-0.05, 0) is 94.8 Å². The number of benzene rings is 4. The summed E-state index contributed by atoms with van der Waals surface area (Å²) in [4.78, 5) is 49.0. The maximum absolute atomic E-state index is 12.4. The Morgan fingerprint density at radius 2 is 0.828 bits per heavy atom. The highest BCUT2D eigenvalue weighted by molar-refractivity contribution is 9.10. The number of ether oxygens (including phenoxy) is 6. The van der Waals surface area contributed by atoms with Crippen LogP contribution in [-0.2, 0) is 9.59 Å². The quantitative estimate of drug-likeness (QED) is 0.0525. The third-order valence-corrected chi connectivity index (χ3v) is 12.9. The third-order valence-electron chi connectivity index (χ3n) is 11.9. The molecule has 0 bridgehead atoms. The number of hydrogen-bond acceptors (Lipinski definition) is 12. The SMILES string of the molecule is CCC[C@H]1C(c2ccc(Br)cc2)=C(C=O)[C@@H](c2cc(OC)c(OC)c(OC)c2)[C@@H]1[N+](=O)[O-].CCC[C@H]1C(c2ccc(Br)cc2)=C(C=O)[C@@H](c2cc(OC)c(OC)c(OC)c2)[C@@H]1[N+](=O)[O-]. The van der Waals surface area contributed by atoms with Gasteiger partial charge in [0.25, 0.3) is 0 Å². The van der Waals surface area contributed by atoms with Gasteiger partial charge in [0.05, 0.1) is 66.3 Å². The van der Waals surface area contributed by atoms with Crippen molar-refractivity contribution in [2.24, 2.45) is 11.8 Å². The summed E-state index contributed by atoms with van der Waals surface area (Å²) in [5.41, 5.74) is 5.09. The second-order valence-electron chi connectivity index (χ2n) is 15.2. The molecule has 0 aromatic heterocycles. The highest BCUT2D eigenvalue weighted by Gasteiger charge is 2.52. The smallest absolute Gasteiger partial charge is 0.230 e. The number of nitro groups is 2. The average Bonchev–Trinajstić information content (AvgIpc) is 3.81. The van der Waals surface area contributed by atoms with Crippen LogP contribution in [-0.4, -0.2) is 77.2 Å². The predicted octanol–water partition coefficient (Wildman–Crippen LogP) is 10.6. The lowest BCUT2D eigenvalue weighted by Gasteiger charge is -2.22. The van der Waals surface area contributed by atoms with Crippen molar-refractivity contribution in [3.63, 3.8) is 0 Å². The first-order chi connectivity index (χ1) is 30.8. The Hall–Kier alpha value is -5.74. The summed E-state index contributed by atoms with van der Waals surface area (Å²) in [7, 11) is 8.95. The molecule has 4 aromatic rings. The van der Waals surface area contributed by atoms with Gasteiger partial charge in [-0.25, -0.2) is 0 Å². The Labute approximate surface area is 389 Å². The van der Waals surface area contributed by atoms with E-state index >= 15 is 0 Å². The lowest BCUT2D eigenvalue weighted by atomic mass is 9.84. The van der Waals surface area contributed by atoms with E-state index in [0.717, 1.165) is 56.6 Å². The molecule has 16 heteroatoms. The third kappa shape index (κ3) is 9.82. The van der Waals surface area contributed by atoms with Crippen LogP contribution in [0.4, 0.5) is 0 Å². The Morgan fingerprint density at radius 3 is 1.05 bits per heavy atom. The lowest BCUT2D eigenvalue weighted by Crippen LogP contribution is -2.31. The number of hydrogen-bond donors (Lipinski definition) is 0. The normalized spacial score (nSPS) is 20.2. The lowest BCUT2D eigenvalue weighted by molar-refractivity contribution is -0.530. The summed E-state index contributed by atoms with van der Waals surface area (Å²) in [6, 6.07) is 19.9. The van der Waals surface area contributed by atoms with Gasteiger partial charge >= 0.3 is 0 Å². The van der Waals surface area contributed by atoms with Crippen LogP contribution >= 0.6 is 31.9 Å². The molecule has 0 aliphatic heterocycles. The number of carbonyl (C=O) groups excluding carboxylic acids is 2. The van der Waals surface area contributed by atoms with Crippen molar-refractivity contribution in [2.75, 3.05) is 42.7 Å². The van der Waals surface area contributed by atoms with E-state index in [1.165, 1.54) is 42.7 Å². The predicted molar refractivity (Wildman–Crippen MR) is 250 cm³/mol. The zero-order chi connectivity index (χ0) is 46.8. The minimum absolute atomic E-state index is 0.260. The van der Waals surface area contributed by atoms with E-state index in [9.17, 15) is 29.8 Å². The molecule has 2 aliphatic rings. The number of nitrogens with zero attached hydrogens (tertiary/aromatic N) is 2. The van der Waals surface area contributed by atoms with Gasteiger partial charge in [-0.1, -0.05) is 82.8 Å². The topological polar surface area (TPSA) is 176 Å². The molecule has 6 rings (SSSR count). The molecule has 6 atom stereocenters. The summed E-state index contributed by atoms with van der Waals surface area (Å²) in [6.45, 7) is 3.98. The first kappa shape index (κ1) is 49.3. The van der Waals surface area contributed by atoms with E-state index in [1.807, 2.05) is 62.4 Å². The highest BCUT2D eigenvalue weighted by atomic mass is 79.9. The summed E-state index contributed by atoms with van der Waals surface area (Å²) < 4.78 is 34.4. The van der Waals surface area contributed by atoms with Crippen molar-refractivity contribution in [3.8, 4) is 34.5 Å². The van der Waals surface area contributed by atoms with Gasteiger partial charge in [-0.15, -0.1) is 0 Å². The molecule has 14 nitrogen and oxygen atoms in total. The van der Waals surface area contributed by atoms with E-state index in [4.69, 9.17) is 28.4 Å². The van der Waals surface area contributed by atoms with E-state index in [2.05, 4.69) is 31.9 Å². The van der Waals surface area contributed by atoms with Crippen molar-refractivity contribution in [2.45, 2.75) is 63.5 Å². The zero-order valence-corrected chi connectivity index (χ0v) is 40.1. The molecule has 0 N–H and O–H groups in total. The fourth-order valence-electron chi connectivity index (χ4n) is 9.34. The van der Waals surface area contributed by atoms with Gasteiger partial charge in [-0.2, -0.15) is 0 Å². The van der Waals surface area contributed by atoms with Crippen LogP contribution in [0.15, 0.2) is 92.9 Å². The van der Waals surface area contributed by atoms with Gasteiger partial charge in [0, 0.05) is 29.9 Å². The van der Waals surface area contributed by atoms with E-state index in [1.54, 1.807) is 24.3 Å². The molecule has 0 spiro atoms. The Morgan fingerprint density at radius 1 is 0.531 bits per heavy atom. The Balaban J connectivity index is 0.000000241. The number of carbonyl (C=O) groups is 2. The molecule has 0 saturated carbocycles. The van der Waals surface area contributed by atoms with Crippen molar-refractivity contribution < 1.29 is 47.9 Å². The first-order valence-corrected chi connectivity index (χ1v) is 22.2. The van der Waals surface area contributed by atoms with Gasteiger partial charge in [0.2, 0.25) is 23.6 Å². The zero-order valence-electron chi connectivity index (χ0n) is 36.9. The Bertz CT molecular complexity index is 2180. The molecule has 0 heterocycles. The summed E-state index contributed by atoms with van der Waals surface area (Å²) in [5, 5.41) is 24.7. The van der Waals surface area contributed by atoms with Gasteiger partial charge in [0.1, 0.15) is 12.6 Å². The van der Waals surface area contributed by atoms with Gasteiger partial charge in [-0.3, -0.25) is 29.8 Å². The van der Waals surface area contributed by atoms with Crippen LogP contribution < -0.4 is 28.4 Å². The molecule has 4 aromatic carbocycles. The largest absolute Gasteiger partial charge is 0.493 e. The molecule has 2 aliphatic carbocycles. The van der Waals surface area contributed by atoms with Crippen LogP contribution in [0.2, 0.25) is 0 Å². The number of aldehydes is 2. The molecule has 0 amide bonds.